The van der Waals surface area contributed by atoms with Gasteiger partial charge in [-0.05, 0) is 11.1 Å². The van der Waals surface area contributed by atoms with Crippen LogP contribution in [-0.4, -0.2) is 25.8 Å². The molecule has 1 unspecified atom stereocenters. The maximum absolute atomic E-state index is 2.54. The Balaban J connectivity index is 1.14. The molecule has 281 valence electrons. The van der Waals surface area contributed by atoms with Crippen LogP contribution in [-0.2, 0) is 10.8 Å². The fraction of sp³-hybridized carbons (Fsp3) is 0.0690. The van der Waals surface area contributed by atoms with Gasteiger partial charge in [-0.25, -0.2) is 0 Å². The molecule has 9 aromatic rings. The minimum absolute atomic E-state index is 0.134. The van der Waals surface area contributed by atoms with Crippen LogP contribution in [0.5, 0.6) is 0 Å². The van der Waals surface area contributed by atoms with Crippen LogP contribution >= 0.6 is 0 Å². The van der Waals surface area contributed by atoms with E-state index in [0.717, 1.165) is 42.8 Å². The van der Waals surface area contributed by atoms with Crippen molar-refractivity contribution < 1.29 is 0 Å². The maximum atomic E-state index is 2.54. The summed E-state index contributed by atoms with van der Waals surface area (Å²) in [6.07, 6.45) is 0. The van der Waals surface area contributed by atoms with Crippen molar-refractivity contribution in [3.05, 3.63) is 240 Å². The molecule has 0 amide bonds. The van der Waals surface area contributed by atoms with Crippen molar-refractivity contribution in [2.75, 3.05) is 4.90 Å². The molecule has 60 heavy (non-hydrogen) atoms. The molecule has 0 bridgehead atoms. The summed E-state index contributed by atoms with van der Waals surface area (Å²) >= 11 is 0.977. The van der Waals surface area contributed by atoms with Crippen LogP contribution in [0.15, 0.2) is 206 Å². The first kappa shape index (κ1) is 35.6. The van der Waals surface area contributed by atoms with Crippen molar-refractivity contribution in [3.63, 3.8) is 0 Å². The number of para-hydroxylation sites is 1. The van der Waals surface area contributed by atoms with Crippen LogP contribution in [0, 0.1) is 0 Å². The fourth-order valence-corrected chi connectivity index (χ4v) is 11.8. The van der Waals surface area contributed by atoms with Gasteiger partial charge in [0.2, 0.25) is 0 Å². The average molecular weight is 958 g/mol. The molecular formula is C58H40NPb. The summed E-state index contributed by atoms with van der Waals surface area (Å²) < 4.78 is 1.41. The van der Waals surface area contributed by atoms with Gasteiger partial charge in [-0.1, -0.05) is 56.3 Å². The Bertz CT molecular complexity index is 3200. The Morgan fingerprint density at radius 2 is 0.800 bits per heavy atom. The second-order valence-electron chi connectivity index (χ2n) is 17.0. The third kappa shape index (κ3) is 5.02. The Morgan fingerprint density at radius 1 is 0.333 bits per heavy atom. The fourth-order valence-electron chi connectivity index (χ4n) is 10.9. The quantitative estimate of drug-likeness (QED) is 0.155. The number of hydrogen-bond donors (Lipinski definition) is 0. The number of hydrogen-bond acceptors (Lipinski definition) is 1. The SMILES string of the molecule is CC1(C)c2ccccc2-c2ccc(N(c3ccc4c(c3)C3(c5ccccc5-4)c4c[c]([Pb])ccc4-c4ccc(-c5ccccc5)cc43)c3ccccc3-c3ccccc3)cc21. The van der Waals surface area contributed by atoms with Gasteiger partial charge in [0, 0.05) is 0 Å². The van der Waals surface area contributed by atoms with Gasteiger partial charge in [-0.15, -0.1) is 0 Å². The van der Waals surface area contributed by atoms with Crippen molar-refractivity contribution in [2.45, 2.75) is 24.7 Å². The van der Waals surface area contributed by atoms with Crippen LogP contribution in [0.3, 0.4) is 0 Å². The van der Waals surface area contributed by atoms with E-state index in [9.17, 15) is 0 Å². The van der Waals surface area contributed by atoms with Crippen LogP contribution in [0.25, 0.3) is 55.6 Å². The molecule has 1 nitrogen and oxygen atoms in total. The standard InChI is InChI=1S/C58H40N.Pb/c1-57(2)50-25-13-9-22-44(50)47-33-30-41(36-53(47)57)59(56-28-16-12-21-43(56)39-19-7-4-8-20-39)42-31-34-49-46-24-11-15-27-52(46)58(55(49)37-42)51-26-14-10-23-45(51)48-32-29-40(35-54(48)58)38-17-5-3-6-18-38;/h3-13,15-37H,1-2H3;. The number of fused-ring (bicyclic) bond motifs is 13. The summed E-state index contributed by atoms with van der Waals surface area (Å²) in [7, 11) is 0. The minimum atomic E-state index is -0.482. The van der Waals surface area contributed by atoms with Gasteiger partial charge in [-0.2, -0.15) is 0 Å². The Hall–Kier alpha value is -6.30. The zero-order chi connectivity index (χ0) is 40.2. The van der Waals surface area contributed by atoms with Crippen molar-refractivity contribution in [1.82, 2.24) is 0 Å². The molecule has 0 N–H and O–H groups in total. The van der Waals surface area contributed by atoms with Crippen molar-refractivity contribution in [2.24, 2.45) is 0 Å². The first-order valence-corrected chi connectivity index (χ1v) is 22.9. The number of benzene rings is 9. The van der Waals surface area contributed by atoms with E-state index in [4.69, 9.17) is 0 Å². The van der Waals surface area contributed by atoms with Crippen LogP contribution < -0.4 is 8.02 Å². The molecule has 12 rings (SSSR count). The zero-order valence-corrected chi connectivity index (χ0v) is 37.5. The van der Waals surface area contributed by atoms with Gasteiger partial charge in [0.15, 0.2) is 0 Å². The molecule has 3 radical (unpaired) electrons. The van der Waals surface area contributed by atoms with Gasteiger partial charge in [0.05, 0.1) is 0 Å². The predicted octanol–water partition coefficient (Wildman–Crippen LogP) is 13.9. The average Bonchev–Trinajstić information content (AvgIpc) is 3.84. The third-order valence-electron chi connectivity index (χ3n) is 13.6. The number of nitrogens with zero attached hydrogens (tertiary/aromatic N) is 1. The summed E-state index contributed by atoms with van der Waals surface area (Å²) in [6, 6.07) is 77.7. The van der Waals surface area contributed by atoms with Crippen molar-refractivity contribution in [3.8, 4) is 55.6 Å². The van der Waals surface area contributed by atoms with Crippen LogP contribution in [0.1, 0.15) is 47.2 Å². The first-order valence-electron chi connectivity index (χ1n) is 20.9. The van der Waals surface area contributed by atoms with Gasteiger partial charge in [0.25, 0.3) is 0 Å². The first-order chi connectivity index (χ1) is 29.4. The molecule has 9 aromatic carbocycles. The molecule has 3 aliphatic rings. The summed E-state index contributed by atoms with van der Waals surface area (Å²) in [5, 5.41) is 0. The van der Waals surface area contributed by atoms with E-state index in [1.807, 2.05) is 0 Å². The van der Waals surface area contributed by atoms with Crippen LogP contribution in [0.4, 0.5) is 17.1 Å². The van der Waals surface area contributed by atoms with E-state index in [1.54, 1.807) is 0 Å². The molecule has 0 saturated carbocycles. The van der Waals surface area contributed by atoms with Gasteiger partial charge >= 0.3 is 303 Å². The number of rotatable bonds is 5. The van der Waals surface area contributed by atoms with Gasteiger partial charge in [-0.3, -0.25) is 0 Å². The number of anilines is 3. The van der Waals surface area contributed by atoms with E-state index in [1.165, 1.54) is 92.1 Å². The monoisotopic (exact) mass is 958 g/mol. The van der Waals surface area contributed by atoms with Gasteiger partial charge in [0.1, 0.15) is 0 Å². The third-order valence-corrected chi connectivity index (χ3v) is 14.8. The Labute approximate surface area is 368 Å². The molecule has 1 spiro atoms. The Morgan fingerprint density at radius 3 is 1.50 bits per heavy atom. The molecule has 0 aromatic heterocycles. The van der Waals surface area contributed by atoms with Crippen molar-refractivity contribution in [1.29, 1.82) is 0 Å². The van der Waals surface area contributed by atoms with E-state index in [2.05, 4.69) is 225 Å². The summed E-state index contributed by atoms with van der Waals surface area (Å²) in [6.45, 7) is 4.76. The molecule has 0 aliphatic heterocycles. The molecule has 0 fully saturated rings. The predicted molar refractivity (Wildman–Crippen MR) is 251 cm³/mol. The topological polar surface area (TPSA) is 3.24 Å². The van der Waals surface area contributed by atoms with E-state index in [0.29, 0.717) is 0 Å². The summed E-state index contributed by atoms with van der Waals surface area (Å²) in [5.74, 6) is 0. The molecule has 0 heterocycles. The van der Waals surface area contributed by atoms with E-state index >= 15 is 0 Å². The molecule has 1 atom stereocenters. The molecular weight excluding hydrogens is 918 g/mol. The zero-order valence-electron chi connectivity index (χ0n) is 33.6. The van der Waals surface area contributed by atoms with Crippen LogP contribution in [0.2, 0.25) is 0 Å². The van der Waals surface area contributed by atoms with Crippen molar-refractivity contribution >= 4 is 46.0 Å². The second-order valence-corrected chi connectivity index (χ2v) is 19.3. The summed E-state index contributed by atoms with van der Waals surface area (Å²) in [5.41, 5.74) is 23.9. The van der Waals surface area contributed by atoms with E-state index < -0.39 is 5.41 Å². The molecule has 2 heteroatoms. The second kappa shape index (κ2) is 13.4. The molecule has 0 saturated heterocycles. The molecule has 3 aliphatic carbocycles. The summed E-state index contributed by atoms with van der Waals surface area (Å²) in [4.78, 5) is 2.53. The normalized spacial score (nSPS) is 15.8. The van der Waals surface area contributed by atoms with Gasteiger partial charge < -0.3 is 0 Å². The Kier molecular flexibility index (Phi) is 7.93. The van der Waals surface area contributed by atoms with E-state index in [-0.39, 0.29) is 5.41 Å².